The quantitative estimate of drug-likeness (QED) is 0.908. The Morgan fingerprint density at radius 2 is 2.26 bits per heavy atom. The SMILES string of the molecule is CCC1COC(C)CN1Cc1cc(CN)ccc1F. The van der Waals surface area contributed by atoms with E-state index < -0.39 is 0 Å². The highest BCUT2D eigenvalue weighted by atomic mass is 19.1. The third-order valence-electron chi connectivity index (χ3n) is 3.77. The molecule has 0 saturated carbocycles. The Hall–Kier alpha value is -0.970. The Morgan fingerprint density at radius 1 is 1.47 bits per heavy atom. The summed E-state index contributed by atoms with van der Waals surface area (Å²) in [4.78, 5) is 2.31. The summed E-state index contributed by atoms with van der Waals surface area (Å²) < 4.78 is 19.6. The molecule has 4 heteroatoms. The lowest BCUT2D eigenvalue weighted by molar-refractivity contribution is -0.0595. The predicted octanol–water partition coefficient (Wildman–Crippen LogP) is 2.28. The molecule has 0 amide bonds. The van der Waals surface area contributed by atoms with Crippen molar-refractivity contribution < 1.29 is 9.13 Å². The van der Waals surface area contributed by atoms with Crippen molar-refractivity contribution in [2.45, 2.75) is 45.5 Å². The average Bonchev–Trinajstić information content (AvgIpc) is 2.41. The molecule has 1 saturated heterocycles. The van der Waals surface area contributed by atoms with E-state index in [0.717, 1.165) is 30.7 Å². The van der Waals surface area contributed by atoms with Gasteiger partial charge in [0, 0.05) is 31.2 Å². The minimum absolute atomic E-state index is 0.147. The number of benzene rings is 1. The van der Waals surface area contributed by atoms with E-state index in [1.165, 1.54) is 6.07 Å². The van der Waals surface area contributed by atoms with Crippen LogP contribution in [0.4, 0.5) is 4.39 Å². The van der Waals surface area contributed by atoms with E-state index in [0.29, 0.717) is 19.1 Å². The number of ether oxygens (including phenoxy) is 1. The van der Waals surface area contributed by atoms with E-state index >= 15 is 0 Å². The van der Waals surface area contributed by atoms with Crippen LogP contribution in [0.2, 0.25) is 0 Å². The minimum Gasteiger partial charge on any atom is -0.376 e. The van der Waals surface area contributed by atoms with Gasteiger partial charge in [-0.15, -0.1) is 0 Å². The first-order chi connectivity index (χ1) is 9.13. The molecule has 1 aromatic rings. The fraction of sp³-hybridized carbons (Fsp3) is 0.600. The molecule has 1 heterocycles. The number of morpholine rings is 1. The summed E-state index contributed by atoms with van der Waals surface area (Å²) in [6.07, 6.45) is 1.23. The van der Waals surface area contributed by atoms with Gasteiger partial charge in [-0.05, 0) is 25.0 Å². The van der Waals surface area contributed by atoms with E-state index in [2.05, 4.69) is 18.7 Å². The standard InChI is InChI=1S/C15H23FN2O/c1-3-14-10-19-11(2)8-18(14)9-13-6-12(7-17)4-5-15(13)16/h4-6,11,14H,3,7-10,17H2,1-2H3. The van der Waals surface area contributed by atoms with Crippen LogP contribution in [0.3, 0.4) is 0 Å². The van der Waals surface area contributed by atoms with Crippen LogP contribution in [0.1, 0.15) is 31.4 Å². The van der Waals surface area contributed by atoms with Gasteiger partial charge >= 0.3 is 0 Å². The second-order valence-corrected chi connectivity index (χ2v) is 5.27. The molecule has 0 radical (unpaired) electrons. The van der Waals surface area contributed by atoms with Crippen molar-refractivity contribution in [1.29, 1.82) is 0 Å². The van der Waals surface area contributed by atoms with Crippen molar-refractivity contribution in [2.24, 2.45) is 5.73 Å². The third-order valence-corrected chi connectivity index (χ3v) is 3.77. The zero-order valence-electron chi connectivity index (χ0n) is 11.7. The summed E-state index contributed by atoms with van der Waals surface area (Å²) in [5.41, 5.74) is 7.33. The molecule has 2 atom stereocenters. The lowest BCUT2D eigenvalue weighted by Crippen LogP contribution is -2.48. The minimum atomic E-state index is -0.147. The Kier molecular flexibility index (Phi) is 4.91. The van der Waals surface area contributed by atoms with Gasteiger partial charge in [0.05, 0.1) is 12.7 Å². The van der Waals surface area contributed by atoms with Gasteiger partial charge in [-0.1, -0.05) is 19.1 Å². The summed E-state index contributed by atoms with van der Waals surface area (Å²) in [5, 5.41) is 0. The highest BCUT2D eigenvalue weighted by Crippen LogP contribution is 2.20. The van der Waals surface area contributed by atoms with E-state index in [1.54, 1.807) is 6.07 Å². The maximum absolute atomic E-state index is 13.9. The average molecular weight is 266 g/mol. The maximum atomic E-state index is 13.9. The van der Waals surface area contributed by atoms with Gasteiger partial charge in [-0.25, -0.2) is 4.39 Å². The molecule has 3 nitrogen and oxygen atoms in total. The van der Waals surface area contributed by atoms with Crippen LogP contribution >= 0.6 is 0 Å². The molecule has 19 heavy (non-hydrogen) atoms. The fourth-order valence-corrected chi connectivity index (χ4v) is 2.58. The first-order valence-corrected chi connectivity index (χ1v) is 6.97. The summed E-state index contributed by atoms with van der Waals surface area (Å²) in [7, 11) is 0. The number of hydrogen-bond donors (Lipinski definition) is 1. The predicted molar refractivity (Wildman–Crippen MR) is 74.2 cm³/mol. The molecule has 0 spiro atoms. The smallest absolute Gasteiger partial charge is 0.127 e. The van der Waals surface area contributed by atoms with Crippen LogP contribution in [0.25, 0.3) is 0 Å². The van der Waals surface area contributed by atoms with Crippen molar-refractivity contribution >= 4 is 0 Å². The molecule has 2 N–H and O–H groups in total. The van der Waals surface area contributed by atoms with Crippen LogP contribution < -0.4 is 5.73 Å². The van der Waals surface area contributed by atoms with Crippen molar-refractivity contribution in [2.75, 3.05) is 13.2 Å². The lowest BCUT2D eigenvalue weighted by Gasteiger charge is -2.38. The van der Waals surface area contributed by atoms with Crippen molar-refractivity contribution in [3.8, 4) is 0 Å². The van der Waals surface area contributed by atoms with E-state index in [4.69, 9.17) is 10.5 Å². The molecule has 1 aromatic carbocycles. The maximum Gasteiger partial charge on any atom is 0.127 e. The topological polar surface area (TPSA) is 38.5 Å². The molecule has 0 aliphatic carbocycles. The van der Waals surface area contributed by atoms with E-state index in [9.17, 15) is 4.39 Å². The number of nitrogens with zero attached hydrogens (tertiary/aromatic N) is 1. The van der Waals surface area contributed by atoms with Crippen LogP contribution in [-0.2, 0) is 17.8 Å². The molecular weight excluding hydrogens is 243 g/mol. The van der Waals surface area contributed by atoms with Gasteiger partial charge in [0.1, 0.15) is 5.82 Å². The van der Waals surface area contributed by atoms with E-state index in [1.807, 2.05) is 6.07 Å². The van der Waals surface area contributed by atoms with Gasteiger partial charge < -0.3 is 10.5 Å². The molecule has 106 valence electrons. The Labute approximate surface area is 114 Å². The molecular formula is C15H23FN2O. The molecule has 2 unspecified atom stereocenters. The lowest BCUT2D eigenvalue weighted by atomic mass is 10.1. The molecule has 0 aromatic heterocycles. The highest BCUT2D eigenvalue weighted by Gasteiger charge is 2.26. The number of halogens is 1. The van der Waals surface area contributed by atoms with Crippen molar-refractivity contribution in [1.82, 2.24) is 4.90 Å². The van der Waals surface area contributed by atoms with Gasteiger partial charge in [-0.3, -0.25) is 4.90 Å². The van der Waals surface area contributed by atoms with Crippen LogP contribution in [-0.4, -0.2) is 30.2 Å². The Bertz CT molecular complexity index is 425. The summed E-state index contributed by atoms with van der Waals surface area (Å²) >= 11 is 0. The van der Waals surface area contributed by atoms with Gasteiger partial charge in [-0.2, -0.15) is 0 Å². The monoisotopic (exact) mass is 266 g/mol. The second-order valence-electron chi connectivity index (χ2n) is 5.27. The summed E-state index contributed by atoms with van der Waals surface area (Å²) in [6, 6.07) is 5.51. The largest absolute Gasteiger partial charge is 0.376 e. The number of hydrogen-bond acceptors (Lipinski definition) is 3. The highest BCUT2D eigenvalue weighted by molar-refractivity contribution is 5.25. The Morgan fingerprint density at radius 3 is 2.95 bits per heavy atom. The molecule has 2 rings (SSSR count). The molecule has 1 aliphatic heterocycles. The van der Waals surface area contributed by atoms with Gasteiger partial charge in [0.2, 0.25) is 0 Å². The molecule has 1 fully saturated rings. The van der Waals surface area contributed by atoms with Gasteiger partial charge in [0.25, 0.3) is 0 Å². The van der Waals surface area contributed by atoms with E-state index in [-0.39, 0.29) is 11.9 Å². The third kappa shape index (κ3) is 3.53. The first kappa shape index (κ1) is 14.4. The number of nitrogens with two attached hydrogens (primary N) is 1. The fourth-order valence-electron chi connectivity index (χ4n) is 2.58. The van der Waals surface area contributed by atoms with Crippen LogP contribution in [0.15, 0.2) is 18.2 Å². The van der Waals surface area contributed by atoms with Crippen LogP contribution in [0.5, 0.6) is 0 Å². The Balaban J connectivity index is 2.14. The van der Waals surface area contributed by atoms with Crippen LogP contribution in [0, 0.1) is 5.82 Å². The first-order valence-electron chi connectivity index (χ1n) is 6.97. The normalized spacial score (nSPS) is 24.6. The zero-order chi connectivity index (χ0) is 13.8. The summed E-state index contributed by atoms with van der Waals surface area (Å²) in [5.74, 6) is -0.147. The summed E-state index contributed by atoms with van der Waals surface area (Å²) in [6.45, 7) is 6.87. The van der Waals surface area contributed by atoms with Crippen molar-refractivity contribution in [3.63, 3.8) is 0 Å². The zero-order valence-corrected chi connectivity index (χ0v) is 11.7. The molecule has 0 bridgehead atoms. The van der Waals surface area contributed by atoms with Crippen molar-refractivity contribution in [3.05, 3.63) is 35.1 Å². The number of rotatable bonds is 4. The second kappa shape index (κ2) is 6.46. The molecule has 1 aliphatic rings. The van der Waals surface area contributed by atoms with Gasteiger partial charge in [0.15, 0.2) is 0 Å².